The van der Waals surface area contributed by atoms with Crippen molar-refractivity contribution in [3.8, 4) is 0 Å². The van der Waals surface area contributed by atoms with E-state index in [9.17, 15) is 4.79 Å². The smallest absolute Gasteiger partial charge is 0.233 e. The normalized spacial score (nSPS) is 18.8. The maximum Gasteiger partial charge on any atom is 0.233 e. The molecule has 0 saturated heterocycles. The van der Waals surface area contributed by atoms with Crippen molar-refractivity contribution < 1.29 is 4.79 Å². The predicted octanol–water partition coefficient (Wildman–Crippen LogP) is 4.10. The number of carbonyl (C=O) groups excluding carboxylic acids is 1. The first-order valence-corrected chi connectivity index (χ1v) is 11.4. The van der Waals surface area contributed by atoms with Gasteiger partial charge in [-0.3, -0.25) is 4.79 Å². The summed E-state index contributed by atoms with van der Waals surface area (Å²) in [6.45, 7) is 2.86. The Bertz CT molecular complexity index is 770. The molecule has 1 aromatic carbocycles. The van der Waals surface area contributed by atoms with E-state index >= 15 is 0 Å². The molecule has 1 aromatic heterocycles. The number of rotatable bonds is 8. The minimum absolute atomic E-state index is 0.173. The van der Waals surface area contributed by atoms with Gasteiger partial charge in [0.05, 0.1) is 11.8 Å². The topological polar surface area (TPSA) is 63.9 Å². The lowest BCUT2D eigenvalue weighted by atomic mass is 9.96. The van der Waals surface area contributed by atoms with Gasteiger partial charge in [0.15, 0.2) is 0 Å². The fraction of sp³-hybridized carbons (Fsp3) is 0.619. The Morgan fingerprint density at radius 3 is 2.64 bits per heavy atom. The third kappa shape index (κ3) is 4.74. The molecule has 2 fully saturated rings. The van der Waals surface area contributed by atoms with Gasteiger partial charge in [0.25, 0.3) is 0 Å². The van der Waals surface area contributed by atoms with E-state index in [0.717, 1.165) is 18.0 Å². The summed E-state index contributed by atoms with van der Waals surface area (Å²) >= 11 is 1.48. The number of carbonyl (C=O) groups is 1. The molecule has 1 amide bonds. The van der Waals surface area contributed by atoms with Crippen molar-refractivity contribution in [1.29, 1.82) is 0 Å². The zero-order valence-electron chi connectivity index (χ0n) is 16.5. The van der Waals surface area contributed by atoms with Gasteiger partial charge in [-0.05, 0) is 54.5 Å². The molecule has 0 aliphatic heterocycles. The minimum Gasteiger partial charge on any atom is -0.335 e. The summed E-state index contributed by atoms with van der Waals surface area (Å²) in [6, 6.07) is 10.9. The largest absolute Gasteiger partial charge is 0.335 e. The van der Waals surface area contributed by atoms with E-state index in [1.807, 2.05) is 22.9 Å². The molecule has 7 heteroatoms. The molecule has 0 radical (unpaired) electrons. The molecule has 2 saturated carbocycles. The number of amides is 1. The molecular formula is C21H29N5OS. The van der Waals surface area contributed by atoms with Crippen LogP contribution in [0.3, 0.4) is 0 Å². The van der Waals surface area contributed by atoms with Crippen LogP contribution in [-0.2, 0) is 11.3 Å². The fourth-order valence-electron chi connectivity index (χ4n) is 4.12. The van der Waals surface area contributed by atoms with E-state index in [-0.39, 0.29) is 11.9 Å². The van der Waals surface area contributed by atoms with Crippen LogP contribution in [0.1, 0.15) is 63.5 Å². The second-order valence-corrected chi connectivity index (χ2v) is 9.01. The Morgan fingerprint density at radius 1 is 1.18 bits per heavy atom. The van der Waals surface area contributed by atoms with Crippen molar-refractivity contribution in [2.75, 3.05) is 5.75 Å². The Kier molecular flexibility index (Phi) is 6.29. The van der Waals surface area contributed by atoms with E-state index in [2.05, 4.69) is 39.5 Å². The SMILES string of the molecule is CC(C1CC1)N(Cc1ccccc1)C(=O)CSc1nnnn1C1CCCCC1. The Balaban J connectivity index is 1.41. The Morgan fingerprint density at radius 2 is 1.93 bits per heavy atom. The van der Waals surface area contributed by atoms with Gasteiger partial charge in [0.1, 0.15) is 0 Å². The lowest BCUT2D eigenvalue weighted by molar-refractivity contribution is -0.131. The molecule has 150 valence electrons. The van der Waals surface area contributed by atoms with Crippen LogP contribution in [0.2, 0.25) is 0 Å². The fourth-order valence-corrected chi connectivity index (χ4v) is 4.95. The van der Waals surface area contributed by atoms with Crippen molar-refractivity contribution in [2.45, 2.75) is 75.7 Å². The summed E-state index contributed by atoms with van der Waals surface area (Å²) in [6.07, 6.45) is 8.48. The summed E-state index contributed by atoms with van der Waals surface area (Å²) in [7, 11) is 0. The molecule has 28 heavy (non-hydrogen) atoms. The lowest BCUT2D eigenvalue weighted by Crippen LogP contribution is -2.40. The first kappa shape index (κ1) is 19.4. The van der Waals surface area contributed by atoms with Crippen LogP contribution in [0.5, 0.6) is 0 Å². The Labute approximate surface area is 171 Å². The van der Waals surface area contributed by atoms with Gasteiger partial charge in [0.2, 0.25) is 11.1 Å². The van der Waals surface area contributed by atoms with Gasteiger partial charge in [0, 0.05) is 12.6 Å². The molecule has 1 atom stereocenters. The molecule has 4 rings (SSSR count). The second kappa shape index (κ2) is 9.07. The summed E-state index contributed by atoms with van der Waals surface area (Å²) < 4.78 is 1.95. The van der Waals surface area contributed by atoms with E-state index in [1.54, 1.807) is 0 Å². The second-order valence-electron chi connectivity index (χ2n) is 8.07. The van der Waals surface area contributed by atoms with Gasteiger partial charge in [-0.25, -0.2) is 4.68 Å². The van der Waals surface area contributed by atoms with E-state index in [1.165, 1.54) is 49.4 Å². The van der Waals surface area contributed by atoms with Crippen LogP contribution < -0.4 is 0 Å². The number of thioether (sulfide) groups is 1. The summed E-state index contributed by atoms with van der Waals surface area (Å²) in [5.41, 5.74) is 1.18. The Hall–Kier alpha value is -1.89. The van der Waals surface area contributed by atoms with Gasteiger partial charge < -0.3 is 4.90 Å². The van der Waals surface area contributed by atoms with Crippen LogP contribution in [0, 0.1) is 5.92 Å². The van der Waals surface area contributed by atoms with Gasteiger partial charge in [-0.1, -0.05) is 61.4 Å². The number of nitrogens with zero attached hydrogens (tertiary/aromatic N) is 5. The number of tetrazole rings is 1. The van der Waals surface area contributed by atoms with Crippen LogP contribution in [0.15, 0.2) is 35.5 Å². The lowest BCUT2D eigenvalue weighted by Gasteiger charge is -2.29. The van der Waals surface area contributed by atoms with Crippen molar-refractivity contribution >= 4 is 17.7 Å². The molecule has 6 nitrogen and oxygen atoms in total. The maximum absolute atomic E-state index is 13.1. The van der Waals surface area contributed by atoms with Gasteiger partial charge in [-0.15, -0.1) is 5.10 Å². The molecule has 2 aromatic rings. The monoisotopic (exact) mass is 399 g/mol. The molecule has 2 aliphatic carbocycles. The zero-order valence-corrected chi connectivity index (χ0v) is 17.4. The predicted molar refractivity (Wildman–Crippen MR) is 110 cm³/mol. The number of aromatic nitrogens is 4. The third-order valence-corrected chi connectivity index (χ3v) is 6.94. The third-order valence-electron chi connectivity index (χ3n) is 6.02. The zero-order chi connectivity index (χ0) is 19.3. The van der Waals surface area contributed by atoms with Crippen LogP contribution in [0.25, 0.3) is 0 Å². The first-order valence-electron chi connectivity index (χ1n) is 10.5. The van der Waals surface area contributed by atoms with Gasteiger partial charge in [-0.2, -0.15) is 0 Å². The quantitative estimate of drug-likeness (QED) is 0.626. The van der Waals surface area contributed by atoms with E-state index in [0.29, 0.717) is 24.3 Å². The van der Waals surface area contributed by atoms with Crippen LogP contribution >= 0.6 is 11.8 Å². The van der Waals surface area contributed by atoms with Crippen molar-refractivity contribution in [1.82, 2.24) is 25.1 Å². The highest BCUT2D eigenvalue weighted by molar-refractivity contribution is 7.99. The summed E-state index contributed by atoms with van der Waals surface area (Å²) in [5.74, 6) is 1.20. The van der Waals surface area contributed by atoms with Crippen LogP contribution in [0.4, 0.5) is 0 Å². The molecule has 0 N–H and O–H groups in total. The van der Waals surface area contributed by atoms with Crippen molar-refractivity contribution in [2.24, 2.45) is 5.92 Å². The molecule has 2 aliphatic rings. The molecule has 1 unspecified atom stereocenters. The molecular weight excluding hydrogens is 370 g/mol. The first-order chi connectivity index (χ1) is 13.7. The standard InChI is InChI=1S/C21H29N5OS/c1-16(18-12-13-18)25(14-17-8-4-2-5-9-17)20(27)15-28-21-22-23-24-26(21)19-10-6-3-7-11-19/h2,4-5,8-9,16,18-19H,3,6-7,10-15H2,1H3. The van der Waals surface area contributed by atoms with E-state index in [4.69, 9.17) is 0 Å². The number of hydrogen-bond donors (Lipinski definition) is 0. The average Bonchev–Trinajstić information content (AvgIpc) is 3.49. The highest BCUT2D eigenvalue weighted by atomic mass is 32.2. The summed E-state index contributed by atoms with van der Waals surface area (Å²) in [5, 5.41) is 13.1. The molecule has 0 bridgehead atoms. The average molecular weight is 400 g/mol. The molecule has 0 spiro atoms. The van der Waals surface area contributed by atoms with Crippen molar-refractivity contribution in [3.63, 3.8) is 0 Å². The van der Waals surface area contributed by atoms with E-state index < -0.39 is 0 Å². The van der Waals surface area contributed by atoms with Crippen LogP contribution in [-0.4, -0.2) is 42.8 Å². The molecule has 1 heterocycles. The minimum atomic E-state index is 0.173. The van der Waals surface area contributed by atoms with Gasteiger partial charge >= 0.3 is 0 Å². The summed E-state index contributed by atoms with van der Waals surface area (Å²) in [4.78, 5) is 15.2. The number of benzene rings is 1. The number of hydrogen-bond acceptors (Lipinski definition) is 5. The maximum atomic E-state index is 13.1. The highest BCUT2D eigenvalue weighted by Gasteiger charge is 2.34. The van der Waals surface area contributed by atoms with Crippen molar-refractivity contribution in [3.05, 3.63) is 35.9 Å². The highest BCUT2D eigenvalue weighted by Crippen LogP contribution is 2.36.